The number of rotatable bonds is 7. The van der Waals surface area contributed by atoms with Crippen molar-refractivity contribution in [2.75, 3.05) is 39.3 Å². The largest absolute Gasteiger partial charge is 0.357 e. The van der Waals surface area contributed by atoms with Gasteiger partial charge in [-0.05, 0) is 72.9 Å². The molecule has 1 atom stereocenters. The third-order valence-corrected chi connectivity index (χ3v) is 5.94. The summed E-state index contributed by atoms with van der Waals surface area (Å²) in [7, 11) is 0. The van der Waals surface area contributed by atoms with Crippen molar-refractivity contribution in [3.63, 3.8) is 0 Å². The van der Waals surface area contributed by atoms with Gasteiger partial charge in [-0.1, -0.05) is 6.42 Å². The molecule has 0 saturated carbocycles. The SMILES string of the molecule is CCNC(=NCC(C)(C)N1CCCCC1)NCCC(=O)N1CCCCC1C. The molecule has 2 rings (SSSR count). The van der Waals surface area contributed by atoms with E-state index in [-0.39, 0.29) is 11.4 Å². The fourth-order valence-electron chi connectivity index (χ4n) is 4.11. The van der Waals surface area contributed by atoms with Gasteiger partial charge in [-0.15, -0.1) is 0 Å². The zero-order chi connectivity index (χ0) is 19.7. The summed E-state index contributed by atoms with van der Waals surface area (Å²) < 4.78 is 0. The summed E-state index contributed by atoms with van der Waals surface area (Å²) in [6.45, 7) is 14.3. The first-order chi connectivity index (χ1) is 12.9. The van der Waals surface area contributed by atoms with Gasteiger partial charge in [0.25, 0.3) is 0 Å². The van der Waals surface area contributed by atoms with Crippen molar-refractivity contribution >= 4 is 11.9 Å². The van der Waals surface area contributed by atoms with Crippen molar-refractivity contribution in [1.29, 1.82) is 0 Å². The summed E-state index contributed by atoms with van der Waals surface area (Å²) >= 11 is 0. The van der Waals surface area contributed by atoms with E-state index < -0.39 is 0 Å². The van der Waals surface area contributed by atoms with Gasteiger partial charge in [-0.2, -0.15) is 0 Å². The maximum atomic E-state index is 12.5. The Morgan fingerprint density at radius 3 is 2.44 bits per heavy atom. The first-order valence-electron chi connectivity index (χ1n) is 11.0. The van der Waals surface area contributed by atoms with E-state index in [1.807, 2.05) is 0 Å². The molecule has 2 heterocycles. The van der Waals surface area contributed by atoms with Gasteiger partial charge >= 0.3 is 0 Å². The maximum absolute atomic E-state index is 12.5. The molecule has 2 aliphatic heterocycles. The molecule has 156 valence electrons. The number of hydrogen-bond acceptors (Lipinski definition) is 3. The molecule has 0 aliphatic carbocycles. The Morgan fingerprint density at radius 1 is 1.07 bits per heavy atom. The lowest BCUT2D eigenvalue weighted by molar-refractivity contribution is -0.134. The van der Waals surface area contributed by atoms with Gasteiger partial charge in [0, 0.05) is 37.6 Å². The fraction of sp³-hybridized carbons (Fsp3) is 0.905. The Kier molecular flexibility index (Phi) is 8.87. The van der Waals surface area contributed by atoms with E-state index >= 15 is 0 Å². The van der Waals surface area contributed by atoms with Gasteiger partial charge in [-0.25, -0.2) is 0 Å². The standard InChI is InChI=1S/C21H41N5O/c1-5-22-20(24-17-21(3,4)25-14-8-6-9-15-25)23-13-12-19(27)26-16-10-7-11-18(26)2/h18H,5-17H2,1-4H3,(H2,22,23,24). The smallest absolute Gasteiger partial charge is 0.224 e. The third-order valence-electron chi connectivity index (χ3n) is 5.94. The number of piperidine rings is 2. The summed E-state index contributed by atoms with van der Waals surface area (Å²) in [4.78, 5) is 21.9. The third kappa shape index (κ3) is 6.98. The molecular formula is C21H41N5O. The van der Waals surface area contributed by atoms with Crippen LogP contribution < -0.4 is 10.6 Å². The molecule has 6 heteroatoms. The average Bonchev–Trinajstić information content (AvgIpc) is 2.67. The number of hydrogen-bond donors (Lipinski definition) is 2. The summed E-state index contributed by atoms with van der Waals surface area (Å²) in [6, 6.07) is 0.387. The van der Waals surface area contributed by atoms with Gasteiger partial charge in [0.1, 0.15) is 0 Å². The normalized spacial score (nSPS) is 22.6. The number of guanidine groups is 1. The van der Waals surface area contributed by atoms with Crippen LogP contribution in [0.4, 0.5) is 0 Å². The second-order valence-corrected chi connectivity index (χ2v) is 8.66. The monoisotopic (exact) mass is 379 g/mol. The van der Waals surface area contributed by atoms with Gasteiger partial charge in [0.05, 0.1) is 6.54 Å². The quantitative estimate of drug-likeness (QED) is 0.527. The Balaban J connectivity index is 1.81. The Bertz CT molecular complexity index is 485. The van der Waals surface area contributed by atoms with E-state index in [4.69, 9.17) is 4.99 Å². The van der Waals surface area contributed by atoms with Crippen LogP contribution in [0, 0.1) is 0 Å². The predicted molar refractivity (Wildman–Crippen MR) is 113 cm³/mol. The number of likely N-dealkylation sites (tertiary alicyclic amines) is 2. The highest BCUT2D eigenvalue weighted by molar-refractivity contribution is 5.81. The van der Waals surface area contributed by atoms with Crippen molar-refractivity contribution in [2.24, 2.45) is 4.99 Å². The van der Waals surface area contributed by atoms with Crippen LogP contribution in [0.1, 0.15) is 72.6 Å². The first kappa shape index (κ1) is 22.0. The van der Waals surface area contributed by atoms with Crippen molar-refractivity contribution in [2.45, 2.75) is 84.2 Å². The Hall–Kier alpha value is -1.30. The van der Waals surface area contributed by atoms with E-state index in [1.54, 1.807) is 0 Å². The summed E-state index contributed by atoms with van der Waals surface area (Å²) in [5.74, 6) is 1.08. The van der Waals surface area contributed by atoms with Gasteiger partial charge < -0.3 is 15.5 Å². The highest BCUT2D eigenvalue weighted by Crippen LogP contribution is 2.21. The van der Waals surface area contributed by atoms with E-state index in [0.29, 0.717) is 19.0 Å². The van der Waals surface area contributed by atoms with E-state index in [9.17, 15) is 4.79 Å². The second-order valence-electron chi connectivity index (χ2n) is 8.66. The molecule has 0 aromatic heterocycles. The van der Waals surface area contributed by atoms with E-state index in [1.165, 1.54) is 38.8 Å². The summed E-state index contributed by atoms with van der Waals surface area (Å²) in [6.07, 6.45) is 7.99. The molecule has 2 aliphatic rings. The predicted octanol–water partition coefficient (Wildman–Crippen LogP) is 2.60. The van der Waals surface area contributed by atoms with E-state index in [0.717, 1.165) is 38.4 Å². The van der Waals surface area contributed by atoms with Gasteiger partial charge in [0.15, 0.2) is 5.96 Å². The Labute approximate surface area is 166 Å². The lowest BCUT2D eigenvalue weighted by Gasteiger charge is -2.40. The molecule has 0 aromatic carbocycles. The summed E-state index contributed by atoms with van der Waals surface area (Å²) in [5.41, 5.74) is 0.0713. The van der Waals surface area contributed by atoms with Crippen LogP contribution in [0.15, 0.2) is 4.99 Å². The number of nitrogens with zero attached hydrogens (tertiary/aromatic N) is 3. The van der Waals surface area contributed by atoms with Crippen molar-refractivity contribution in [3.8, 4) is 0 Å². The van der Waals surface area contributed by atoms with Crippen molar-refractivity contribution < 1.29 is 4.79 Å². The molecule has 2 fully saturated rings. The molecule has 0 aromatic rings. The number of amides is 1. The molecule has 1 unspecified atom stereocenters. The zero-order valence-corrected chi connectivity index (χ0v) is 18.0. The zero-order valence-electron chi connectivity index (χ0n) is 18.0. The van der Waals surface area contributed by atoms with E-state index in [2.05, 4.69) is 48.1 Å². The molecule has 0 spiro atoms. The highest BCUT2D eigenvalue weighted by atomic mass is 16.2. The highest BCUT2D eigenvalue weighted by Gasteiger charge is 2.27. The van der Waals surface area contributed by atoms with Crippen LogP contribution in [0.2, 0.25) is 0 Å². The Morgan fingerprint density at radius 2 is 1.78 bits per heavy atom. The number of carbonyl (C=O) groups is 1. The van der Waals surface area contributed by atoms with Crippen LogP contribution >= 0.6 is 0 Å². The molecule has 0 bridgehead atoms. The van der Waals surface area contributed by atoms with Crippen LogP contribution in [0.25, 0.3) is 0 Å². The minimum absolute atomic E-state index is 0.0713. The molecule has 1 amide bonds. The lowest BCUT2D eigenvalue weighted by Crippen LogP contribution is -2.50. The van der Waals surface area contributed by atoms with Crippen LogP contribution in [0.5, 0.6) is 0 Å². The van der Waals surface area contributed by atoms with Gasteiger partial charge in [0.2, 0.25) is 5.91 Å². The molecular weight excluding hydrogens is 338 g/mol. The minimum Gasteiger partial charge on any atom is -0.357 e. The lowest BCUT2D eigenvalue weighted by atomic mass is 9.99. The molecule has 0 radical (unpaired) electrons. The molecule has 2 N–H and O–H groups in total. The minimum atomic E-state index is 0.0713. The number of carbonyl (C=O) groups excluding carboxylic acids is 1. The van der Waals surface area contributed by atoms with Crippen LogP contribution in [-0.2, 0) is 4.79 Å². The average molecular weight is 380 g/mol. The first-order valence-corrected chi connectivity index (χ1v) is 11.0. The van der Waals surface area contributed by atoms with Crippen molar-refractivity contribution in [3.05, 3.63) is 0 Å². The molecule has 2 saturated heterocycles. The van der Waals surface area contributed by atoms with Crippen LogP contribution in [0.3, 0.4) is 0 Å². The maximum Gasteiger partial charge on any atom is 0.224 e. The topological polar surface area (TPSA) is 60.0 Å². The van der Waals surface area contributed by atoms with Gasteiger partial charge in [-0.3, -0.25) is 14.7 Å². The number of aliphatic imine (C=N–C) groups is 1. The van der Waals surface area contributed by atoms with Crippen molar-refractivity contribution in [1.82, 2.24) is 20.4 Å². The van der Waals surface area contributed by atoms with Crippen LogP contribution in [-0.4, -0.2) is 72.5 Å². The second kappa shape index (κ2) is 10.9. The number of nitrogens with one attached hydrogen (secondary N) is 2. The molecule has 6 nitrogen and oxygen atoms in total. The molecule has 27 heavy (non-hydrogen) atoms. The summed E-state index contributed by atoms with van der Waals surface area (Å²) in [5, 5.41) is 6.67. The fourth-order valence-corrected chi connectivity index (χ4v) is 4.11.